The molecule has 61 heavy (non-hydrogen) atoms. The average molecular weight is 804 g/mol. The second kappa shape index (κ2) is 20.9. The molecule has 0 fully saturated rings. The van der Waals surface area contributed by atoms with Crippen LogP contribution in [0.3, 0.4) is 0 Å². The molecule has 0 radical (unpaired) electrons. The number of aryl methyl sites for hydroxylation is 2. The molecule has 0 aliphatic heterocycles. The van der Waals surface area contributed by atoms with E-state index in [4.69, 9.17) is 0 Å². The van der Waals surface area contributed by atoms with Crippen molar-refractivity contribution >= 4 is 29.2 Å². The smallest absolute Gasteiger partial charge is 0.0467 e. The highest BCUT2D eigenvalue weighted by Crippen LogP contribution is 2.56. The Hall–Kier alpha value is -5.40. The van der Waals surface area contributed by atoms with Crippen molar-refractivity contribution in [1.29, 1.82) is 0 Å². The SMILES string of the molecule is C=Cc1cccc(C(c2cccc(C)c2)c2ccc3c(c2)C(CCCCCCCC)(CCCCCCCC)c2cc(N(c4cccc(C)c4)c4cccc(C=C)c4)ccc2-3)c1. The van der Waals surface area contributed by atoms with Crippen LogP contribution < -0.4 is 4.90 Å². The second-order valence-corrected chi connectivity index (χ2v) is 17.8. The molecule has 0 bridgehead atoms. The Balaban J connectivity index is 1.42. The zero-order valence-electron chi connectivity index (χ0n) is 37.7. The molecule has 0 aromatic heterocycles. The Morgan fingerprint density at radius 3 is 1.56 bits per heavy atom. The molecule has 1 aliphatic rings. The predicted molar refractivity (Wildman–Crippen MR) is 267 cm³/mol. The first kappa shape index (κ1) is 43.7. The van der Waals surface area contributed by atoms with Crippen LogP contribution in [0.25, 0.3) is 23.3 Å². The van der Waals surface area contributed by atoms with Crippen LogP contribution in [0.4, 0.5) is 17.1 Å². The second-order valence-electron chi connectivity index (χ2n) is 17.8. The molecule has 1 aliphatic carbocycles. The average Bonchev–Trinajstić information content (AvgIpc) is 3.54. The minimum Gasteiger partial charge on any atom is -0.310 e. The summed E-state index contributed by atoms with van der Waals surface area (Å²) in [6, 6.07) is 51.0. The Morgan fingerprint density at radius 1 is 0.459 bits per heavy atom. The van der Waals surface area contributed by atoms with Crippen molar-refractivity contribution in [3.05, 3.63) is 197 Å². The van der Waals surface area contributed by atoms with E-state index in [1.54, 1.807) is 0 Å². The van der Waals surface area contributed by atoms with Gasteiger partial charge in [-0.25, -0.2) is 0 Å². The fourth-order valence-corrected chi connectivity index (χ4v) is 10.2. The highest BCUT2D eigenvalue weighted by molar-refractivity contribution is 5.86. The molecule has 7 rings (SSSR count). The molecule has 0 N–H and O–H groups in total. The van der Waals surface area contributed by atoms with Gasteiger partial charge in [-0.1, -0.05) is 219 Å². The Kier molecular flexibility index (Phi) is 15.0. The molecule has 0 saturated heterocycles. The van der Waals surface area contributed by atoms with Gasteiger partial charge in [0.05, 0.1) is 0 Å². The van der Waals surface area contributed by atoms with Gasteiger partial charge in [-0.3, -0.25) is 0 Å². The molecule has 0 amide bonds. The largest absolute Gasteiger partial charge is 0.310 e. The molecule has 1 nitrogen and oxygen atoms in total. The van der Waals surface area contributed by atoms with Crippen LogP contribution in [0.5, 0.6) is 0 Å². The normalized spacial score (nSPS) is 13.0. The van der Waals surface area contributed by atoms with Gasteiger partial charge in [-0.05, 0) is 119 Å². The van der Waals surface area contributed by atoms with E-state index in [2.05, 4.69) is 179 Å². The Bertz CT molecular complexity index is 2230. The third-order valence-corrected chi connectivity index (χ3v) is 13.4. The third-order valence-electron chi connectivity index (χ3n) is 13.4. The van der Waals surface area contributed by atoms with Gasteiger partial charge >= 0.3 is 0 Å². The number of anilines is 3. The lowest BCUT2D eigenvalue weighted by Crippen LogP contribution is -2.26. The molecule has 1 heteroatoms. The third kappa shape index (κ3) is 10.1. The molecule has 0 saturated carbocycles. The van der Waals surface area contributed by atoms with Gasteiger partial charge in [0.25, 0.3) is 0 Å². The molecule has 0 heterocycles. The number of unbranched alkanes of at least 4 members (excludes halogenated alkanes) is 10. The minimum atomic E-state index is -0.0897. The molecule has 314 valence electrons. The summed E-state index contributed by atoms with van der Waals surface area (Å²) in [5.41, 5.74) is 18.2. The van der Waals surface area contributed by atoms with Crippen molar-refractivity contribution in [3.63, 3.8) is 0 Å². The molecule has 6 aromatic carbocycles. The summed E-state index contributed by atoms with van der Waals surface area (Å²) in [6.07, 6.45) is 21.8. The van der Waals surface area contributed by atoms with Crippen LogP contribution in [0, 0.1) is 13.8 Å². The van der Waals surface area contributed by atoms with Crippen molar-refractivity contribution < 1.29 is 0 Å². The molecule has 6 aromatic rings. The summed E-state index contributed by atoms with van der Waals surface area (Å²) in [5.74, 6) is 0.110. The van der Waals surface area contributed by atoms with Crippen LogP contribution in [0.15, 0.2) is 147 Å². The maximum atomic E-state index is 4.15. The predicted octanol–water partition coefficient (Wildman–Crippen LogP) is 18.0. The van der Waals surface area contributed by atoms with E-state index in [1.807, 2.05) is 12.2 Å². The first-order valence-electron chi connectivity index (χ1n) is 23.6. The van der Waals surface area contributed by atoms with Gasteiger partial charge in [0.1, 0.15) is 0 Å². The van der Waals surface area contributed by atoms with E-state index in [0.717, 1.165) is 16.8 Å². The van der Waals surface area contributed by atoms with Crippen LogP contribution >= 0.6 is 0 Å². The van der Waals surface area contributed by atoms with E-state index in [-0.39, 0.29) is 11.3 Å². The number of hydrogen-bond acceptors (Lipinski definition) is 1. The summed E-state index contributed by atoms with van der Waals surface area (Å²) in [6.45, 7) is 17.3. The lowest BCUT2D eigenvalue weighted by molar-refractivity contribution is 0.397. The fraction of sp³-hybridized carbons (Fsp3) is 0.333. The van der Waals surface area contributed by atoms with Gasteiger partial charge in [-0.15, -0.1) is 0 Å². The van der Waals surface area contributed by atoms with E-state index in [9.17, 15) is 0 Å². The minimum absolute atomic E-state index is 0.0897. The van der Waals surface area contributed by atoms with E-state index >= 15 is 0 Å². The van der Waals surface area contributed by atoms with E-state index < -0.39 is 0 Å². The fourth-order valence-electron chi connectivity index (χ4n) is 10.2. The zero-order chi connectivity index (χ0) is 42.6. The molecule has 0 spiro atoms. The van der Waals surface area contributed by atoms with Crippen molar-refractivity contribution in [2.24, 2.45) is 0 Å². The summed E-state index contributed by atoms with van der Waals surface area (Å²) in [7, 11) is 0. The Morgan fingerprint density at radius 2 is 0.934 bits per heavy atom. The summed E-state index contributed by atoms with van der Waals surface area (Å²) in [4.78, 5) is 2.47. The van der Waals surface area contributed by atoms with Gasteiger partial charge in [-0.2, -0.15) is 0 Å². The van der Waals surface area contributed by atoms with Crippen LogP contribution in [-0.4, -0.2) is 0 Å². The quantitative estimate of drug-likeness (QED) is 0.0488. The molecule has 1 unspecified atom stereocenters. The highest BCUT2D eigenvalue weighted by Gasteiger charge is 2.43. The number of rotatable bonds is 22. The van der Waals surface area contributed by atoms with Crippen molar-refractivity contribution in [2.75, 3.05) is 4.90 Å². The topological polar surface area (TPSA) is 3.24 Å². The van der Waals surface area contributed by atoms with Gasteiger partial charge in [0.15, 0.2) is 0 Å². The zero-order valence-corrected chi connectivity index (χ0v) is 37.7. The number of fused-ring (bicyclic) bond motifs is 3. The number of nitrogens with zero attached hydrogens (tertiary/aromatic N) is 1. The lowest BCUT2D eigenvalue weighted by atomic mass is 9.69. The number of hydrogen-bond donors (Lipinski definition) is 0. The van der Waals surface area contributed by atoms with Crippen LogP contribution in [0.2, 0.25) is 0 Å². The van der Waals surface area contributed by atoms with Crippen molar-refractivity contribution in [2.45, 2.75) is 129 Å². The molecular formula is C60H69N. The van der Waals surface area contributed by atoms with Gasteiger partial charge in [0, 0.05) is 28.4 Å². The van der Waals surface area contributed by atoms with Crippen LogP contribution in [-0.2, 0) is 5.41 Å². The first-order valence-corrected chi connectivity index (χ1v) is 23.6. The maximum absolute atomic E-state index is 4.15. The number of benzene rings is 6. The summed E-state index contributed by atoms with van der Waals surface area (Å²) >= 11 is 0. The molecule has 1 atom stereocenters. The van der Waals surface area contributed by atoms with Gasteiger partial charge < -0.3 is 4.90 Å². The van der Waals surface area contributed by atoms with Gasteiger partial charge in [0.2, 0.25) is 0 Å². The highest BCUT2D eigenvalue weighted by atomic mass is 15.1. The van der Waals surface area contributed by atoms with Crippen LogP contribution in [0.1, 0.15) is 160 Å². The Labute approximate surface area is 369 Å². The molecular weight excluding hydrogens is 735 g/mol. The standard InChI is InChI=1S/C60H69N/c1-7-11-13-15-17-19-37-60(38-20-18-16-14-12-8-2)57-43-51(59(49-29-21-25-45(5)39-49)50-30-23-27-47(9-3)41-50)33-35-55(57)56-36-34-54(44-58(56)60)61(52-31-22-26-46(6)40-52)53-32-24-28-48(10-4)42-53/h9-10,21-36,39-44,59H,3-4,7-8,11-20,37-38H2,1-2,5-6H3. The van der Waals surface area contributed by atoms with Crippen molar-refractivity contribution in [3.8, 4) is 11.1 Å². The first-order chi connectivity index (χ1) is 29.9. The van der Waals surface area contributed by atoms with Crippen molar-refractivity contribution in [1.82, 2.24) is 0 Å². The summed E-state index contributed by atoms with van der Waals surface area (Å²) in [5, 5.41) is 0. The van der Waals surface area contributed by atoms with E-state index in [1.165, 1.54) is 151 Å². The monoisotopic (exact) mass is 804 g/mol. The summed E-state index contributed by atoms with van der Waals surface area (Å²) < 4.78 is 0. The maximum Gasteiger partial charge on any atom is 0.0467 e. The van der Waals surface area contributed by atoms with E-state index in [0.29, 0.717) is 0 Å². The lowest BCUT2D eigenvalue weighted by Gasteiger charge is -2.35.